The second-order valence-corrected chi connectivity index (χ2v) is 7.36. The van der Waals surface area contributed by atoms with E-state index in [0.29, 0.717) is 0 Å². The van der Waals surface area contributed by atoms with E-state index in [-0.39, 0.29) is 17.6 Å². The molecule has 1 fully saturated rings. The summed E-state index contributed by atoms with van der Waals surface area (Å²) in [5.41, 5.74) is 2.81. The van der Waals surface area contributed by atoms with Crippen molar-refractivity contribution >= 4 is 11.6 Å². The zero-order chi connectivity index (χ0) is 20.1. The highest BCUT2D eigenvalue weighted by Crippen LogP contribution is 2.28. The third-order valence-electron chi connectivity index (χ3n) is 5.25. The number of methoxy groups -OCH3 is 1. The van der Waals surface area contributed by atoms with Crippen molar-refractivity contribution in [3.8, 4) is 5.75 Å². The fraction of sp³-hybridized carbons (Fsp3) is 0.304. The summed E-state index contributed by atoms with van der Waals surface area (Å²) in [6, 6.07) is 19.3. The van der Waals surface area contributed by atoms with Crippen molar-refractivity contribution in [3.63, 3.8) is 0 Å². The van der Waals surface area contributed by atoms with Crippen LogP contribution in [0.4, 0.5) is 5.69 Å². The maximum atomic E-state index is 12.4. The molecule has 0 radical (unpaired) electrons. The molecular formula is C23H25N3O3. The first-order valence-electron chi connectivity index (χ1n) is 9.89. The number of anilines is 1. The Hall–Kier alpha value is -3.12. The molecule has 29 heavy (non-hydrogen) atoms. The highest BCUT2D eigenvalue weighted by Gasteiger charge is 2.25. The summed E-state index contributed by atoms with van der Waals surface area (Å²) in [4.78, 5) is 14.8. The number of carbonyl (C=O) groups is 1. The third-order valence-corrected chi connectivity index (χ3v) is 5.25. The van der Waals surface area contributed by atoms with E-state index in [1.165, 1.54) is 5.56 Å². The lowest BCUT2D eigenvalue weighted by Crippen LogP contribution is -2.34. The molecule has 0 aliphatic carbocycles. The fourth-order valence-corrected chi connectivity index (χ4v) is 3.77. The molecule has 1 saturated heterocycles. The highest BCUT2D eigenvalue weighted by atomic mass is 16.5. The molecule has 1 amide bonds. The van der Waals surface area contributed by atoms with Gasteiger partial charge in [-0.15, -0.1) is 0 Å². The van der Waals surface area contributed by atoms with Crippen molar-refractivity contribution in [1.29, 1.82) is 0 Å². The first-order chi connectivity index (χ1) is 14.2. The zero-order valence-corrected chi connectivity index (χ0v) is 16.5. The van der Waals surface area contributed by atoms with Gasteiger partial charge in [-0.25, -0.2) is 0 Å². The Bertz CT molecular complexity index is 955. The molecule has 1 N–H and O–H groups in total. The van der Waals surface area contributed by atoms with Gasteiger partial charge < -0.3 is 14.6 Å². The number of hydrogen-bond acceptors (Lipinski definition) is 5. The summed E-state index contributed by atoms with van der Waals surface area (Å²) in [5.74, 6) is 1.10. The average molecular weight is 391 g/mol. The highest BCUT2D eigenvalue weighted by molar-refractivity contribution is 6.02. The monoisotopic (exact) mass is 391 g/mol. The van der Waals surface area contributed by atoms with E-state index in [2.05, 4.69) is 27.5 Å². The van der Waals surface area contributed by atoms with E-state index >= 15 is 0 Å². The van der Waals surface area contributed by atoms with E-state index in [4.69, 9.17) is 9.26 Å². The SMILES string of the molecule is COc1cccc(CN2CCC[C@@H](c3cc(C(=O)Nc4ccccc4)on3)C2)c1. The minimum atomic E-state index is -0.279. The smallest absolute Gasteiger partial charge is 0.294 e. The average Bonchev–Trinajstić information content (AvgIpc) is 3.25. The van der Waals surface area contributed by atoms with Crippen LogP contribution in [-0.2, 0) is 6.54 Å². The second kappa shape index (κ2) is 8.92. The van der Waals surface area contributed by atoms with E-state index in [1.54, 1.807) is 13.2 Å². The molecule has 0 saturated carbocycles. The minimum absolute atomic E-state index is 0.244. The topological polar surface area (TPSA) is 67.6 Å². The maximum Gasteiger partial charge on any atom is 0.294 e. The van der Waals surface area contributed by atoms with Gasteiger partial charge in [0.2, 0.25) is 5.76 Å². The third kappa shape index (κ3) is 4.84. The predicted molar refractivity (Wildman–Crippen MR) is 111 cm³/mol. The molecule has 0 unspecified atom stereocenters. The lowest BCUT2D eigenvalue weighted by atomic mass is 9.94. The molecule has 1 aliphatic rings. The summed E-state index contributed by atoms with van der Waals surface area (Å²) in [7, 11) is 1.69. The van der Waals surface area contributed by atoms with Crippen LogP contribution in [0.3, 0.4) is 0 Å². The lowest BCUT2D eigenvalue weighted by molar-refractivity contribution is 0.0987. The van der Waals surface area contributed by atoms with E-state index in [9.17, 15) is 4.79 Å². The van der Waals surface area contributed by atoms with Crippen LogP contribution in [0, 0.1) is 0 Å². The molecule has 2 heterocycles. The summed E-state index contributed by atoms with van der Waals surface area (Å²) >= 11 is 0. The first-order valence-corrected chi connectivity index (χ1v) is 9.89. The summed E-state index contributed by atoms with van der Waals surface area (Å²) in [6.07, 6.45) is 2.13. The number of carbonyl (C=O) groups excluding carboxylic acids is 1. The quantitative estimate of drug-likeness (QED) is 0.678. The molecule has 150 valence electrons. The van der Waals surface area contributed by atoms with Gasteiger partial charge in [0.15, 0.2) is 0 Å². The number of likely N-dealkylation sites (tertiary alicyclic amines) is 1. The number of rotatable bonds is 6. The second-order valence-electron chi connectivity index (χ2n) is 7.36. The Balaban J connectivity index is 1.39. The molecule has 6 heteroatoms. The number of amides is 1. The van der Waals surface area contributed by atoms with Crippen molar-refractivity contribution in [2.45, 2.75) is 25.3 Å². The van der Waals surface area contributed by atoms with Gasteiger partial charge in [-0.1, -0.05) is 35.5 Å². The number of aromatic nitrogens is 1. The molecular weight excluding hydrogens is 366 g/mol. The molecule has 1 atom stereocenters. The van der Waals surface area contributed by atoms with Crippen LogP contribution in [0.15, 0.2) is 65.2 Å². The maximum absolute atomic E-state index is 12.4. The number of hydrogen-bond donors (Lipinski definition) is 1. The van der Waals surface area contributed by atoms with Gasteiger partial charge in [-0.05, 0) is 49.2 Å². The van der Waals surface area contributed by atoms with Gasteiger partial charge in [0.05, 0.1) is 12.8 Å². The first kappa shape index (κ1) is 19.2. The van der Waals surface area contributed by atoms with Crippen molar-refractivity contribution in [3.05, 3.63) is 77.7 Å². The van der Waals surface area contributed by atoms with Gasteiger partial charge in [-0.2, -0.15) is 0 Å². The van der Waals surface area contributed by atoms with Gasteiger partial charge in [0.1, 0.15) is 5.75 Å². The van der Waals surface area contributed by atoms with Crippen molar-refractivity contribution in [2.24, 2.45) is 0 Å². The predicted octanol–water partition coefficient (Wildman–Crippen LogP) is 4.32. The summed E-state index contributed by atoms with van der Waals surface area (Å²) < 4.78 is 10.7. The Labute approximate surface area is 170 Å². The Morgan fingerprint density at radius 2 is 2.07 bits per heavy atom. The molecule has 0 bridgehead atoms. The molecule has 1 aromatic heterocycles. The van der Waals surface area contributed by atoms with Gasteiger partial charge in [-0.3, -0.25) is 9.69 Å². The number of nitrogens with zero attached hydrogens (tertiary/aromatic N) is 2. The summed E-state index contributed by atoms with van der Waals surface area (Å²) in [6.45, 7) is 2.81. The number of para-hydroxylation sites is 1. The van der Waals surface area contributed by atoms with Crippen molar-refractivity contribution in [1.82, 2.24) is 10.1 Å². The Morgan fingerprint density at radius 1 is 1.21 bits per heavy atom. The number of nitrogens with one attached hydrogen (secondary N) is 1. The summed E-state index contributed by atoms with van der Waals surface area (Å²) in [5, 5.41) is 7.02. The lowest BCUT2D eigenvalue weighted by Gasteiger charge is -2.31. The normalized spacial score (nSPS) is 17.1. The molecule has 0 spiro atoms. The largest absolute Gasteiger partial charge is 0.497 e. The fourth-order valence-electron chi connectivity index (χ4n) is 3.77. The van der Waals surface area contributed by atoms with E-state index in [1.807, 2.05) is 42.5 Å². The Kier molecular flexibility index (Phi) is 5.91. The molecule has 3 aromatic rings. The van der Waals surface area contributed by atoms with Crippen LogP contribution in [0.1, 0.15) is 40.6 Å². The van der Waals surface area contributed by atoms with Crippen molar-refractivity contribution in [2.75, 3.05) is 25.5 Å². The van der Waals surface area contributed by atoms with Gasteiger partial charge in [0, 0.05) is 30.8 Å². The number of benzene rings is 2. The van der Waals surface area contributed by atoms with E-state index < -0.39 is 0 Å². The van der Waals surface area contributed by atoms with E-state index in [0.717, 1.165) is 49.6 Å². The molecule has 4 rings (SSSR count). The van der Waals surface area contributed by atoms with Gasteiger partial charge in [0.25, 0.3) is 5.91 Å². The zero-order valence-electron chi connectivity index (χ0n) is 16.5. The van der Waals surface area contributed by atoms with Crippen LogP contribution in [0.25, 0.3) is 0 Å². The number of ether oxygens (including phenoxy) is 1. The van der Waals surface area contributed by atoms with Crippen LogP contribution in [0.5, 0.6) is 5.75 Å². The molecule has 2 aromatic carbocycles. The van der Waals surface area contributed by atoms with Crippen LogP contribution in [-0.4, -0.2) is 36.2 Å². The standard InChI is InChI=1S/C23H25N3O3/c1-28-20-11-5-7-17(13-20)15-26-12-6-8-18(16-26)21-14-22(29-25-21)23(27)24-19-9-3-2-4-10-19/h2-5,7,9-11,13-14,18H,6,8,12,15-16H2,1H3,(H,24,27)/t18-/m1/s1. The van der Waals surface area contributed by atoms with Crippen molar-refractivity contribution < 1.29 is 14.1 Å². The Morgan fingerprint density at radius 3 is 2.90 bits per heavy atom. The molecule has 1 aliphatic heterocycles. The van der Waals surface area contributed by atoms with Crippen LogP contribution < -0.4 is 10.1 Å². The van der Waals surface area contributed by atoms with Crippen LogP contribution >= 0.6 is 0 Å². The van der Waals surface area contributed by atoms with Gasteiger partial charge >= 0.3 is 0 Å². The van der Waals surface area contributed by atoms with Crippen LogP contribution in [0.2, 0.25) is 0 Å². The molecule has 6 nitrogen and oxygen atoms in total. The number of piperidine rings is 1. The minimum Gasteiger partial charge on any atom is -0.497 e.